The van der Waals surface area contributed by atoms with Crippen LogP contribution in [-0.4, -0.2) is 16.1 Å². The summed E-state index contributed by atoms with van der Waals surface area (Å²) in [5.41, 5.74) is 0.468. The molecule has 15 heavy (non-hydrogen) atoms. The van der Waals surface area contributed by atoms with E-state index in [4.69, 9.17) is 5.11 Å². The van der Waals surface area contributed by atoms with Gasteiger partial charge in [0.15, 0.2) is 5.25 Å². The minimum atomic E-state index is -1.06. The lowest BCUT2D eigenvalue weighted by atomic mass is 10.3. The highest BCUT2D eigenvalue weighted by Gasteiger charge is 2.19. The number of aliphatic carboxylic acids is 1. The Morgan fingerprint density at radius 3 is 3.00 bits per heavy atom. The molecule has 2 aromatic rings. The average molecular weight is 243 g/mol. The van der Waals surface area contributed by atoms with Crippen molar-refractivity contribution in [1.29, 1.82) is 0 Å². The Morgan fingerprint density at radius 1 is 1.60 bits per heavy atom. The third-order valence-corrected chi connectivity index (χ3v) is 3.58. The molecule has 0 bridgehead atoms. The first-order chi connectivity index (χ1) is 7.08. The van der Waals surface area contributed by atoms with Crippen molar-refractivity contribution in [1.82, 2.24) is 4.98 Å². The number of fused-ring (bicyclic) bond motifs is 1. The number of benzene rings is 1. The fraction of sp³-hybridized carbons (Fsp3) is 0.111. The number of hydrogen-bond acceptors (Lipinski definition) is 4. The van der Waals surface area contributed by atoms with Crippen LogP contribution < -0.4 is 0 Å². The molecule has 0 amide bonds. The standard InChI is InChI=1S/C9H6FNO2S2/c10-4-1-2-6-5(3-4)11-8(15-6)7(14)9(12)13/h1-3,7,14H,(H,12,13). The van der Waals surface area contributed by atoms with E-state index in [2.05, 4.69) is 17.6 Å². The molecule has 1 aromatic heterocycles. The molecule has 0 saturated heterocycles. The van der Waals surface area contributed by atoms with E-state index in [-0.39, 0.29) is 5.82 Å². The maximum atomic E-state index is 12.8. The number of rotatable bonds is 2. The highest BCUT2D eigenvalue weighted by Crippen LogP contribution is 2.29. The number of nitrogens with zero attached hydrogens (tertiary/aromatic N) is 1. The number of carboxylic acid groups (broad SMARTS) is 1. The lowest BCUT2D eigenvalue weighted by Crippen LogP contribution is -2.04. The minimum Gasteiger partial charge on any atom is -0.480 e. The van der Waals surface area contributed by atoms with E-state index >= 15 is 0 Å². The summed E-state index contributed by atoms with van der Waals surface area (Å²) < 4.78 is 13.6. The van der Waals surface area contributed by atoms with Gasteiger partial charge in [-0.15, -0.1) is 11.3 Å². The molecule has 1 unspecified atom stereocenters. The Hall–Kier alpha value is -1.14. The first-order valence-electron chi connectivity index (χ1n) is 4.05. The predicted octanol–water partition coefficient (Wildman–Crippen LogP) is 2.49. The van der Waals surface area contributed by atoms with E-state index in [9.17, 15) is 9.18 Å². The Bertz CT molecular complexity index is 526. The van der Waals surface area contributed by atoms with Gasteiger partial charge in [0.25, 0.3) is 0 Å². The number of thiazole rings is 1. The fourth-order valence-corrected chi connectivity index (χ4v) is 2.28. The van der Waals surface area contributed by atoms with Crippen molar-refractivity contribution in [3.05, 3.63) is 29.0 Å². The van der Waals surface area contributed by atoms with Crippen molar-refractivity contribution in [2.24, 2.45) is 0 Å². The monoisotopic (exact) mass is 243 g/mol. The maximum Gasteiger partial charge on any atom is 0.323 e. The molecule has 78 valence electrons. The van der Waals surface area contributed by atoms with Crippen molar-refractivity contribution in [3.8, 4) is 0 Å². The van der Waals surface area contributed by atoms with Crippen molar-refractivity contribution in [3.63, 3.8) is 0 Å². The van der Waals surface area contributed by atoms with E-state index in [0.717, 1.165) is 4.70 Å². The van der Waals surface area contributed by atoms with E-state index in [1.807, 2.05) is 0 Å². The minimum absolute atomic E-state index is 0.367. The van der Waals surface area contributed by atoms with E-state index in [1.54, 1.807) is 6.07 Å². The van der Waals surface area contributed by atoms with Gasteiger partial charge in [-0.2, -0.15) is 12.6 Å². The van der Waals surface area contributed by atoms with Crippen LogP contribution in [-0.2, 0) is 4.79 Å². The Labute approximate surface area is 94.0 Å². The molecule has 1 N–H and O–H groups in total. The molecular weight excluding hydrogens is 237 g/mol. The summed E-state index contributed by atoms with van der Waals surface area (Å²) in [5.74, 6) is -1.44. The molecule has 1 aromatic carbocycles. The normalized spacial score (nSPS) is 12.9. The molecule has 2 rings (SSSR count). The highest BCUT2D eigenvalue weighted by molar-refractivity contribution is 7.81. The van der Waals surface area contributed by atoms with E-state index < -0.39 is 11.2 Å². The van der Waals surface area contributed by atoms with Gasteiger partial charge in [-0.25, -0.2) is 9.37 Å². The first kappa shape index (κ1) is 10.4. The summed E-state index contributed by atoms with van der Waals surface area (Å²) in [7, 11) is 0. The third-order valence-electron chi connectivity index (χ3n) is 1.83. The van der Waals surface area contributed by atoms with Crippen molar-refractivity contribution >= 4 is 40.2 Å². The molecule has 3 nitrogen and oxygen atoms in total. The van der Waals surface area contributed by atoms with Crippen LogP contribution in [0, 0.1) is 5.82 Å². The summed E-state index contributed by atoms with van der Waals surface area (Å²) in [6.45, 7) is 0. The smallest absolute Gasteiger partial charge is 0.323 e. The second-order valence-corrected chi connectivity index (χ2v) is 4.48. The van der Waals surface area contributed by atoms with Crippen LogP contribution in [0.4, 0.5) is 4.39 Å². The predicted molar refractivity (Wildman–Crippen MR) is 58.9 cm³/mol. The van der Waals surface area contributed by atoms with Gasteiger partial charge in [-0.3, -0.25) is 4.79 Å². The quantitative estimate of drug-likeness (QED) is 0.797. The van der Waals surface area contributed by atoms with Crippen molar-refractivity contribution in [2.75, 3.05) is 0 Å². The topological polar surface area (TPSA) is 50.2 Å². The SMILES string of the molecule is O=C(O)C(S)c1nc2cc(F)ccc2s1. The zero-order valence-electron chi connectivity index (χ0n) is 7.35. The molecule has 1 atom stereocenters. The van der Waals surface area contributed by atoms with Gasteiger partial charge >= 0.3 is 5.97 Å². The highest BCUT2D eigenvalue weighted by atomic mass is 32.1. The third kappa shape index (κ3) is 1.95. The van der Waals surface area contributed by atoms with Crippen LogP contribution in [0.1, 0.15) is 10.3 Å². The van der Waals surface area contributed by atoms with Crippen molar-refractivity contribution < 1.29 is 14.3 Å². The molecule has 6 heteroatoms. The van der Waals surface area contributed by atoms with Gasteiger partial charge in [0.2, 0.25) is 0 Å². The summed E-state index contributed by atoms with van der Waals surface area (Å²) in [6, 6.07) is 4.17. The summed E-state index contributed by atoms with van der Waals surface area (Å²) in [5, 5.41) is 8.15. The Balaban J connectivity index is 2.51. The second kappa shape index (κ2) is 3.79. The lowest BCUT2D eigenvalue weighted by molar-refractivity contribution is -0.136. The van der Waals surface area contributed by atoms with Gasteiger partial charge in [0, 0.05) is 6.07 Å². The van der Waals surface area contributed by atoms with Gasteiger partial charge in [0.1, 0.15) is 10.8 Å². The van der Waals surface area contributed by atoms with Gasteiger partial charge in [0.05, 0.1) is 10.2 Å². The van der Waals surface area contributed by atoms with Crippen LogP contribution >= 0.6 is 24.0 Å². The Morgan fingerprint density at radius 2 is 2.33 bits per heavy atom. The second-order valence-electron chi connectivity index (χ2n) is 2.90. The number of thiol groups is 1. The largest absolute Gasteiger partial charge is 0.480 e. The first-order valence-corrected chi connectivity index (χ1v) is 5.38. The van der Waals surface area contributed by atoms with E-state index in [0.29, 0.717) is 10.5 Å². The van der Waals surface area contributed by atoms with Crippen LogP contribution in [0.25, 0.3) is 10.2 Å². The summed E-state index contributed by atoms with van der Waals surface area (Å²) >= 11 is 5.11. The molecule has 0 spiro atoms. The molecule has 1 heterocycles. The van der Waals surface area contributed by atoms with Crippen LogP contribution in [0.15, 0.2) is 18.2 Å². The molecular formula is C9H6FNO2S2. The van der Waals surface area contributed by atoms with Crippen LogP contribution in [0.5, 0.6) is 0 Å². The van der Waals surface area contributed by atoms with E-state index in [1.165, 1.54) is 23.5 Å². The van der Waals surface area contributed by atoms with Crippen LogP contribution in [0.2, 0.25) is 0 Å². The summed E-state index contributed by atoms with van der Waals surface area (Å²) in [4.78, 5) is 14.7. The van der Waals surface area contributed by atoms with Gasteiger partial charge in [-0.05, 0) is 12.1 Å². The van der Waals surface area contributed by atoms with Gasteiger partial charge in [-0.1, -0.05) is 0 Å². The number of carboxylic acids is 1. The summed E-state index contributed by atoms with van der Waals surface area (Å²) in [6.07, 6.45) is 0. The van der Waals surface area contributed by atoms with Crippen LogP contribution in [0.3, 0.4) is 0 Å². The zero-order chi connectivity index (χ0) is 11.0. The maximum absolute atomic E-state index is 12.8. The number of aromatic nitrogens is 1. The molecule has 0 aliphatic heterocycles. The molecule has 0 fully saturated rings. The number of halogens is 1. The van der Waals surface area contributed by atoms with Crippen molar-refractivity contribution in [2.45, 2.75) is 5.25 Å². The lowest BCUT2D eigenvalue weighted by Gasteiger charge is -1.97. The fourth-order valence-electron chi connectivity index (χ4n) is 1.14. The molecule has 0 saturated carbocycles. The molecule has 0 radical (unpaired) electrons. The Kier molecular flexibility index (Phi) is 2.62. The molecule has 0 aliphatic rings. The number of carbonyl (C=O) groups is 1. The molecule has 0 aliphatic carbocycles. The average Bonchev–Trinajstić information content (AvgIpc) is 2.58. The zero-order valence-corrected chi connectivity index (χ0v) is 9.06. The number of hydrogen-bond donors (Lipinski definition) is 2. The van der Waals surface area contributed by atoms with Gasteiger partial charge < -0.3 is 5.11 Å².